The van der Waals surface area contributed by atoms with Gasteiger partial charge in [0.1, 0.15) is 21.9 Å². The van der Waals surface area contributed by atoms with Crippen LogP contribution < -0.4 is 5.32 Å². The van der Waals surface area contributed by atoms with Crippen LogP contribution in [0, 0.1) is 17.1 Å². The van der Waals surface area contributed by atoms with Crippen molar-refractivity contribution in [1.82, 2.24) is 14.6 Å². The summed E-state index contributed by atoms with van der Waals surface area (Å²) in [6.45, 7) is 1.98. The first-order valence-electron chi connectivity index (χ1n) is 8.24. The molecule has 6 nitrogen and oxygen atoms in total. The number of hydrogen-bond donors (Lipinski definition) is 1. The quantitative estimate of drug-likeness (QED) is 0.669. The molecule has 0 amide bonds. The van der Waals surface area contributed by atoms with E-state index in [1.807, 2.05) is 6.92 Å². The van der Waals surface area contributed by atoms with Crippen molar-refractivity contribution in [3.8, 4) is 6.07 Å². The first-order chi connectivity index (χ1) is 13.1. The molecule has 2 unspecified atom stereocenters. The van der Waals surface area contributed by atoms with Gasteiger partial charge in [-0.3, -0.25) is 4.99 Å². The van der Waals surface area contributed by atoms with E-state index in [0.29, 0.717) is 28.5 Å². The predicted octanol–water partition coefficient (Wildman–Crippen LogP) is 4.02. The number of aromatic nitrogens is 3. The third-order valence-corrected chi connectivity index (χ3v) is 5.56. The number of aliphatic imine (C=N–C) groups is 1. The van der Waals surface area contributed by atoms with Gasteiger partial charge in [0.25, 0.3) is 0 Å². The minimum Gasteiger partial charge on any atom is -0.351 e. The van der Waals surface area contributed by atoms with Crippen LogP contribution in [0.3, 0.4) is 0 Å². The number of rotatable bonds is 4. The maximum absolute atomic E-state index is 13.5. The summed E-state index contributed by atoms with van der Waals surface area (Å²) in [6, 6.07) is 9.92. The number of nitriles is 1. The van der Waals surface area contributed by atoms with Gasteiger partial charge in [0.05, 0.1) is 17.3 Å². The molecule has 0 saturated carbocycles. The van der Waals surface area contributed by atoms with Crippen molar-refractivity contribution < 1.29 is 4.39 Å². The Morgan fingerprint density at radius 3 is 2.85 bits per heavy atom. The second-order valence-corrected chi connectivity index (χ2v) is 7.31. The molecule has 2 atom stereocenters. The number of anilines is 1. The van der Waals surface area contributed by atoms with Crippen LogP contribution >= 0.6 is 23.4 Å². The Morgan fingerprint density at radius 1 is 1.37 bits per heavy atom. The second kappa shape index (κ2) is 6.83. The first-order valence-corrected chi connectivity index (χ1v) is 9.56. The Balaban J connectivity index is 1.90. The summed E-state index contributed by atoms with van der Waals surface area (Å²) in [5.41, 5.74) is 3.22. The Kier molecular flexibility index (Phi) is 4.50. The first kappa shape index (κ1) is 17.8. The molecule has 4 rings (SSSR count). The average Bonchev–Trinajstić information content (AvgIpc) is 3.24. The monoisotopic (exact) mass is 400 g/mol. The van der Waals surface area contributed by atoms with Crippen molar-refractivity contribution in [2.45, 2.75) is 24.3 Å². The van der Waals surface area contributed by atoms with E-state index in [1.165, 1.54) is 23.9 Å². The zero-order chi connectivity index (χ0) is 19.0. The highest BCUT2D eigenvalue weighted by Crippen LogP contribution is 2.42. The normalized spacial score (nSPS) is 21.5. The van der Waals surface area contributed by atoms with Gasteiger partial charge in [-0.05, 0) is 24.6 Å². The predicted molar refractivity (Wildman–Crippen MR) is 105 cm³/mol. The van der Waals surface area contributed by atoms with Crippen LogP contribution in [-0.2, 0) is 12.1 Å². The van der Waals surface area contributed by atoms with Crippen LogP contribution in [0.5, 0.6) is 0 Å². The van der Waals surface area contributed by atoms with Crippen molar-refractivity contribution >= 4 is 40.2 Å². The third-order valence-electron chi connectivity index (χ3n) is 4.41. The maximum Gasteiger partial charge on any atom is 0.181 e. The molecule has 1 aromatic carbocycles. The van der Waals surface area contributed by atoms with Crippen molar-refractivity contribution in [3.05, 3.63) is 58.8 Å². The molecule has 27 heavy (non-hydrogen) atoms. The summed E-state index contributed by atoms with van der Waals surface area (Å²) in [7, 11) is 0. The van der Waals surface area contributed by atoms with Crippen LogP contribution in [0.1, 0.15) is 18.2 Å². The van der Waals surface area contributed by atoms with E-state index in [0.717, 1.165) is 5.69 Å². The molecule has 1 aliphatic rings. The highest BCUT2D eigenvalue weighted by molar-refractivity contribution is 8.13. The lowest BCUT2D eigenvalue weighted by atomic mass is 9.95. The van der Waals surface area contributed by atoms with Gasteiger partial charge in [-0.15, -0.1) is 0 Å². The minimum atomic E-state index is -1.08. The lowest BCUT2D eigenvalue weighted by Gasteiger charge is -2.31. The van der Waals surface area contributed by atoms with Gasteiger partial charge >= 0.3 is 0 Å². The van der Waals surface area contributed by atoms with Crippen LogP contribution in [0.4, 0.5) is 10.1 Å². The Hall–Kier alpha value is -2.63. The number of aryl methyl sites for hydroxylation is 1. The van der Waals surface area contributed by atoms with Gasteiger partial charge in [0.2, 0.25) is 0 Å². The Labute approximate surface area is 164 Å². The van der Waals surface area contributed by atoms with Crippen molar-refractivity contribution in [2.24, 2.45) is 4.99 Å². The van der Waals surface area contributed by atoms with Crippen molar-refractivity contribution in [2.75, 3.05) is 5.32 Å². The third kappa shape index (κ3) is 2.93. The number of benzene rings is 1. The zero-order valence-corrected chi connectivity index (χ0v) is 15.8. The van der Waals surface area contributed by atoms with Gasteiger partial charge in [0, 0.05) is 11.8 Å². The fourth-order valence-electron chi connectivity index (χ4n) is 3.08. The number of hydrogen-bond acceptors (Lipinski definition) is 6. The summed E-state index contributed by atoms with van der Waals surface area (Å²) in [5.74, 6) is -0.351. The maximum atomic E-state index is 13.5. The van der Waals surface area contributed by atoms with Gasteiger partial charge in [-0.25, -0.2) is 13.9 Å². The molecule has 0 saturated heterocycles. The number of halogens is 2. The summed E-state index contributed by atoms with van der Waals surface area (Å²) in [4.78, 5) is 8.96. The molecule has 1 aliphatic heterocycles. The number of nitrogens with one attached hydrogen (secondary N) is 1. The molecule has 3 heterocycles. The molecule has 0 bridgehead atoms. The Bertz CT molecular complexity index is 1070. The second-order valence-electron chi connectivity index (χ2n) is 5.97. The SMILES string of the molecule is CCc1nn2ccc(Cl)nc2c1NC1(c2ccc(F)cc2)N=CSC1C#N. The minimum absolute atomic E-state index is 0.338. The van der Waals surface area contributed by atoms with Gasteiger partial charge in [0.15, 0.2) is 11.3 Å². The Morgan fingerprint density at radius 2 is 2.15 bits per heavy atom. The molecule has 2 aromatic heterocycles. The molecule has 1 N–H and O–H groups in total. The summed E-state index contributed by atoms with van der Waals surface area (Å²) in [6.07, 6.45) is 2.38. The van der Waals surface area contributed by atoms with E-state index in [-0.39, 0.29) is 5.82 Å². The fraction of sp³-hybridized carbons (Fsp3) is 0.222. The molecule has 3 aromatic rings. The molecule has 136 valence electrons. The lowest BCUT2D eigenvalue weighted by molar-refractivity contribution is 0.549. The summed E-state index contributed by atoms with van der Waals surface area (Å²) in [5, 5.41) is 17.4. The van der Waals surface area contributed by atoms with Gasteiger partial charge < -0.3 is 5.32 Å². The molecular formula is C18H14ClFN6S. The molecule has 0 spiro atoms. The highest BCUT2D eigenvalue weighted by atomic mass is 35.5. The van der Waals surface area contributed by atoms with E-state index >= 15 is 0 Å². The van der Waals surface area contributed by atoms with E-state index in [2.05, 4.69) is 26.5 Å². The number of fused-ring (bicyclic) bond motifs is 1. The smallest absolute Gasteiger partial charge is 0.181 e. The van der Waals surface area contributed by atoms with Crippen molar-refractivity contribution in [1.29, 1.82) is 5.26 Å². The van der Waals surface area contributed by atoms with Crippen LogP contribution in [0.2, 0.25) is 5.15 Å². The summed E-state index contributed by atoms with van der Waals surface area (Å²) >= 11 is 7.39. The standard InChI is InChI=1S/C18H14ClFN6S/c1-2-13-16(17-23-15(19)7-8-26(17)25-13)24-18(14(9-21)27-10-22-18)11-3-5-12(20)6-4-11/h3-8,10,14,24H,2H2,1H3. The average molecular weight is 401 g/mol. The van der Waals surface area contributed by atoms with Crippen LogP contribution in [0.25, 0.3) is 5.65 Å². The molecule has 0 fully saturated rings. The number of nitrogens with zero attached hydrogens (tertiary/aromatic N) is 5. The molecule has 9 heteroatoms. The zero-order valence-electron chi connectivity index (χ0n) is 14.2. The number of thioether (sulfide) groups is 1. The van der Waals surface area contributed by atoms with E-state index in [1.54, 1.807) is 34.5 Å². The molecule has 0 aliphatic carbocycles. The van der Waals surface area contributed by atoms with Crippen LogP contribution in [0.15, 0.2) is 41.5 Å². The highest BCUT2D eigenvalue weighted by Gasteiger charge is 2.45. The van der Waals surface area contributed by atoms with Crippen LogP contribution in [-0.4, -0.2) is 25.4 Å². The topological polar surface area (TPSA) is 78.4 Å². The summed E-state index contributed by atoms with van der Waals surface area (Å²) < 4.78 is 15.1. The van der Waals surface area contributed by atoms with E-state index in [4.69, 9.17) is 11.6 Å². The van der Waals surface area contributed by atoms with Gasteiger partial charge in [-0.1, -0.05) is 42.4 Å². The largest absolute Gasteiger partial charge is 0.351 e. The van der Waals surface area contributed by atoms with E-state index < -0.39 is 10.9 Å². The van der Waals surface area contributed by atoms with E-state index in [9.17, 15) is 9.65 Å². The fourth-order valence-corrected chi connectivity index (χ4v) is 4.08. The molecule has 0 radical (unpaired) electrons. The lowest BCUT2D eigenvalue weighted by Crippen LogP contribution is -2.40. The van der Waals surface area contributed by atoms with Gasteiger partial charge in [-0.2, -0.15) is 10.4 Å². The van der Waals surface area contributed by atoms with Crippen molar-refractivity contribution in [3.63, 3.8) is 0 Å². The molecular weight excluding hydrogens is 387 g/mol.